The third kappa shape index (κ3) is 4.13. The first-order valence-electron chi connectivity index (χ1n) is 4.58. The Hall–Kier alpha value is 0.160. The Bertz CT molecular complexity index is 237. The Labute approximate surface area is 91.7 Å². The van der Waals surface area contributed by atoms with Gasteiger partial charge >= 0.3 is 0 Å². The SMILES string of the molecule is COCCS(=O)(=O)C1CCNCC1.Cl. The van der Waals surface area contributed by atoms with Gasteiger partial charge in [0.25, 0.3) is 0 Å². The Kier molecular flexibility index (Phi) is 6.68. The van der Waals surface area contributed by atoms with E-state index < -0.39 is 9.84 Å². The molecule has 1 rings (SSSR count). The summed E-state index contributed by atoms with van der Waals surface area (Å²) in [5, 5.41) is 3.00. The van der Waals surface area contributed by atoms with E-state index in [-0.39, 0.29) is 23.4 Å². The van der Waals surface area contributed by atoms with Crippen LogP contribution in [-0.2, 0) is 14.6 Å². The van der Waals surface area contributed by atoms with Gasteiger partial charge in [-0.1, -0.05) is 0 Å². The fourth-order valence-corrected chi connectivity index (χ4v) is 3.21. The van der Waals surface area contributed by atoms with Crippen molar-refractivity contribution in [2.45, 2.75) is 18.1 Å². The van der Waals surface area contributed by atoms with Crippen LogP contribution in [0, 0.1) is 0 Å². The lowest BCUT2D eigenvalue weighted by molar-refractivity contribution is 0.216. The fourth-order valence-electron chi connectivity index (χ4n) is 1.52. The Morgan fingerprint density at radius 1 is 1.36 bits per heavy atom. The van der Waals surface area contributed by atoms with Crippen LogP contribution in [0.2, 0.25) is 0 Å². The summed E-state index contributed by atoms with van der Waals surface area (Å²) in [5.41, 5.74) is 0. The van der Waals surface area contributed by atoms with Crippen LogP contribution < -0.4 is 5.32 Å². The molecule has 0 aromatic heterocycles. The Balaban J connectivity index is 0.00000169. The van der Waals surface area contributed by atoms with E-state index in [4.69, 9.17) is 4.74 Å². The standard InChI is InChI=1S/C8H17NO3S.ClH/c1-12-6-7-13(10,11)8-2-4-9-5-3-8;/h8-9H,2-7H2,1H3;1H. The van der Waals surface area contributed by atoms with Crippen molar-refractivity contribution in [2.24, 2.45) is 0 Å². The summed E-state index contributed by atoms with van der Waals surface area (Å²) in [6, 6.07) is 0. The molecule has 0 radical (unpaired) electrons. The highest BCUT2D eigenvalue weighted by Crippen LogP contribution is 2.13. The van der Waals surface area contributed by atoms with E-state index in [1.54, 1.807) is 0 Å². The first-order valence-corrected chi connectivity index (χ1v) is 6.29. The van der Waals surface area contributed by atoms with E-state index in [1.807, 2.05) is 0 Å². The average molecular weight is 244 g/mol. The van der Waals surface area contributed by atoms with Crippen molar-refractivity contribution >= 4 is 22.2 Å². The van der Waals surface area contributed by atoms with Crippen LogP contribution in [0.1, 0.15) is 12.8 Å². The van der Waals surface area contributed by atoms with Gasteiger partial charge in [-0.25, -0.2) is 8.42 Å². The molecule has 0 aromatic carbocycles. The fraction of sp³-hybridized carbons (Fsp3) is 1.00. The molecule has 1 aliphatic heterocycles. The molecular weight excluding hydrogens is 226 g/mol. The summed E-state index contributed by atoms with van der Waals surface area (Å²) in [7, 11) is -1.38. The molecule has 1 heterocycles. The molecule has 0 amide bonds. The highest BCUT2D eigenvalue weighted by atomic mass is 35.5. The van der Waals surface area contributed by atoms with Crippen molar-refractivity contribution < 1.29 is 13.2 Å². The molecule has 0 atom stereocenters. The van der Waals surface area contributed by atoms with E-state index in [0.717, 1.165) is 25.9 Å². The number of halogens is 1. The lowest BCUT2D eigenvalue weighted by Crippen LogP contribution is -2.37. The zero-order valence-electron chi connectivity index (χ0n) is 8.36. The molecule has 0 spiro atoms. The van der Waals surface area contributed by atoms with Crippen LogP contribution in [0.15, 0.2) is 0 Å². The lowest BCUT2D eigenvalue weighted by Gasteiger charge is -2.22. The molecule has 14 heavy (non-hydrogen) atoms. The summed E-state index contributed by atoms with van der Waals surface area (Å²) in [5.74, 6) is 0.161. The second-order valence-corrected chi connectivity index (χ2v) is 5.71. The van der Waals surface area contributed by atoms with Gasteiger partial charge in [0, 0.05) is 7.11 Å². The monoisotopic (exact) mass is 243 g/mol. The van der Waals surface area contributed by atoms with Crippen molar-refractivity contribution in [1.82, 2.24) is 5.32 Å². The van der Waals surface area contributed by atoms with Crippen molar-refractivity contribution in [3.63, 3.8) is 0 Å². The van der Waals surface area contributed by atoms with Gasteiger partial charge in [-0.05, 0) is 25.9 Å². The number of sulfone groups is 1. The maximum absolute atomic E-state index is 11.6. The number of rotatable bonds is 4. The first-order chi connectivity index (χ1) is 6.17. The minimum absolute atomic E-state index is 0. The highest BCUT2D eigenvalue weighted by Gasteiger charge is 2.26. The zero-order valence-corrected chi connectivity index (χ0v) is 9.99. The minimum atomic E-state index is -2.91. The lowest BCUT2D eigenvalue weighted by atomic mass is 10.2. The van der Waals surface area contributed by atoms with Gasteiger partial charge in [0.15, 0.2) is 9.84 Å². The Morgan fingerprint density at radius 3 is 2.43 bits per heavy atom. The van der Waals surface area contributed by atoms with Gasteiger partial charge in [-0.15, -0.1) is 12.4 Å². The summed E-state index contributed by atoms with van der Waals surface area (Å²) in [6.07, 6.45) is 1.48. The largest absolute Gasteiger partial charge is 0.384 e. The number of hydrogen-bond donors (Lipinski definition) is 1. The average Bonchev–Trinajstić information content (AvgIpc) is 2.16. The molecule has 6 heteroatoms. The number of piperidine rings is 1. The zero-order chi connectivity index (χ0) is 9.73. The molecule has 1 N–H and O–H groups in total. The molecule has 1 fully saturated rings. The molecule has 0 unspecified atom stereocenters. The predicted octanol–water partition coefficient (Wildman–Crippen LogP) is 0.221. The normalized spacial score (nSPS) is 18.9. The van der Waals surface area contributed by atoms with Crippen LogP contribution >= 0.6 is 12.4 Å². The summed E-state index contributed by atoms with van der Waals surface area (Å²) in [4.78, 5) is 0. The van der Waals surface area contributed by atoms with Crippen molar-refractivity contribution in [3.8, 4) is 0 Å². The molecule has 0 aromatic rings. The van der Waals surface area contributed by atoms with Crippen LogP contribution in [0.25, 0.3) is 0 Å². The van der Waals surface area contributed by atoms with Crippen LogP contribution in [0.5, 0.6) is 0 Å². The molecule has 1 saturated heterocycles. The number of nitrogens with one attached hydrogen (secondary N) is 1. The van der Waals surface area contributed by atoms with E-state index >= 15 is 0 Å². The third-order valence-corrected chi connectivity index (χ3v) is 4.59. The Morgan fingerprint density at radius 2 is 1.93 bits per heavy atom. The van der Waals surface area contributed by atoms with Crippen LogP contribution in [0.4, 0.5) is 0 Å². The molecule has 0 aliphatic carbocycles. The van der Waals surface area contributed by atoms with Crippen LogP contribution in [0.3, 0.4) is 0 Å². The molecular formula is C8H18ClNO3S. The van der Waals surface area contributed by atoms with Gasteiger partial charge < -0.3 is 10.1 Å². The number of hydrogen-bond acceptors (Lipinski definition) is 4. The van der Waals surface area contributed by atoms with Gasteiger partial charge in [0.05, 0.1) is 17.6 Å². The minimum Gasteiger partial charge on any atom is -0.384 e. The van der Waals surface area contributed by atoms with Gasteiger partial charge in [0.2, 0.25) is 0 Å². The van der Waals surface area contributed by atoms with E-state index in [0.29, 0.717) is 6.61 Å². The van der Waals surface area contributed by atoms with Crippen molar-refractivity contribution in [2.75, 3.05) is 32.6 Å². The number of ether oxygens (including phenoxy) is 1. The topological polar surface area (TPSA) is 55.4 Å². The third-order valence-electron chi connectivity index (χ3n) is 2.37. The van der Waals surface area contributed by atoms with Gasteiger partial charge in [-0.3, -0.25) is 0 Å². The van der Waals surface area contributed by atoms with E-state index in [9.17, 15) is 8.42 Å². The molecule has 0 bridgehead atoms. The summed E-state index contributed by atoms with van der Waals surface area (Å²) >= 11 is 0. The van der Waals surface area contributed by atoms with Crippen molar-refractivity contribution in [1.29, 1.82) is 0 Å². The summed E-state index contributed by atoms with van der Waals surface area (Å²) < 4.78 is 28.0. The maximum atomic E-state index is 11.6. The number of methoxy groups -OCH3 is 1. The van der Waals surface area contributed by atoms with E-state index in [2.05, 4.69) is 5.32 Å². The maximum Gasteiger partial charge on any atom is 0.155 e. The first kappa shape index (κ1) is 14.2. The van der Waals surface area contributed by atoms with Gasteiger partial charge in [-0.2, -0.15) is 0 Å². The summed E-state index contributed by atoms with van der Waals surface area (Å²) in [6.45, 7) is 1.94. The molecule has 86 valence electrons. The second kappa shape index (κ2) is 6.61. The van der Waals surface area contributed by atoms with Crippen molar-refractivity contribution in [3.05, 3.63) is 0 Å². The quantitative estimate of drug-likeness (QED) is 0.768. The van der Waals surface area contributed by atoms with Crippen LogP contribution in [-0.4, -0.2) is 46.2 Å². The predicted molar refractivity (Wildman–Crippen MR) is 58.8 cm³/mol. The van der Waals surface area contributed by atoms with E-state index in [1.165, 1.54) is 7.11 Å². The smallest absolute Gasteiger partial charge is 0.155 e. The molecule has 1 aliphatic rings. The molecule has 0 saturated carbocycles. The highest BCUT2D eigenvalue weighted by molar-refractivity contribution is 7.92. The second-order valence-electron chi connectivity index (χ2n) is 3.31. The molecule has 4 nitrogen and oxygen atoms in total. The van der Waals surface area contributed by atoms with Gasteiger partial charge in [0.1, 0.15) is 0 Å².